The number of aliphatic hydroxyl groups excluding tert-OH is 3. The van der Waals surface area contributed by atoms with E-state index in [4.69, 9.17) is 9.47 Å². The summed E-state index contributed by atoms with van der Waals surface area (Å²) in [5, 5.41) is 42.6. The Morgan fingerprint density at radius 3 is 2.77 bits per heavy atom. The first-order valence-electron chi connectivity index (χ1n) is 6.77. The zero-order chi connectivity index (χ0) is 16.3. The molecule has 0 radical (unpaired) electrons. The van der Waals surface area contributed by atoms with Crippen molar-refractivity contribution in [3.8, 4) is 5.75 Å². The zero-order valence-corrected chi connectivity index (χ0v) is 11.9. The largest absolute Gasteiger partial charge is 0.494 e. The van der Waals surface area contributed by atoms with Crippen molar-refractivity contribution in [1.82, 2.24) is 0 Å². The van der Waals surface area contributed by atoms with Gasteiger partial charge in [-0.1, -0.05) is 0 Å². The predicted octanol–water partition coefficient (Wildman–Crippen LogP) is -0.156. The van der Waals surface area contributed by atoms with Crippen LogP contribution in [0, 0.1) is 10.1 Å². The van der Waals surface area contributed by atoms with E-state index in [1.165, 1.54) is 12.1 Å². The minimum absolute atomic E-state index is 0.112. The molecule has 1 heterocycles. The number of benzene rings is 1. The van der Waals surface area contributed by atoms with E-state index in [0.717, 1.165) is 0 Å². The van der Waals surface area contributed by atoms with Crippen molar-refractivity contribution in [2.24, 2.45) is 0 Å². The van der Waals surface area contributed by atoms with Crippen LogP contribution in [0.1, 0.15) is 6.92 Å². The fraction of sp³-hybridized carbons (Fsp3) is 0.538. The average Bonchev–Trinajstić information content (AvgIpc) is 2.49. The molecule has 1 aromatic rings. The Kier molecular flexibility index (Phi) is 5.14. The van der Waals surface area contributed by atoms with E-state index in [0.29, 0.717) is 12.4 Å². The van der Waals surface area contributed by atoms with Crippen molar-refractivity contribution in [3.63, 3.8) is 0 Å². The van der Waals surface area contributed by atoms with E-state index in [1.54, 1.807) is 13.0 Å². The zero-order valence-electron chi connectivity index (χ0n) is 11.9. The molecule has 0 bridgehead atoms. The molecule has 1 fully saturated rings. The quantitative estimate of drug-likeness (QED) is 0.435. The monoisotopic (exact) mass is 314 g/mol. The number of hydrogen-bond acceptors (Lipinski definition) is 8. The maximum Gasteiger partial charge on any atom is 0.296 e. The Labute approximate surface area is 126 Å². The van der Waals surface area contributed by atoms with E-state index in [1.807, 2.05) is 0 Å². The number of nitro benzene ring substituents is 1. The first kappa shape index (κ1) is 16.4. The summed E-state index contributed by atoms with van der Waals surface area (Å²) in [7, 11) is 0. The molecule has 1 aliphatic heterocycles. The molecule has 1 aliphatic rings. The van der Waals surface area contributed by atoms with Gasteiger partial charge in [-0.25, -0.2) is 0 Å². The van der Waals surface area contributed by atoms with Crippen molar-refractivity contribution in [1.29, 1.82) is 0 Å². The van der Waals surface area contributed by atoms with E-state index in [-0.39, 0.29) is 18.0 Å². The lowest BCUT2D eigenvalue weighted by Crippen LogP contribution is -2.55. The van der Waals surface area contributed by atoms with Crippen molar-refractivity contribution in [2.45, 2.75) is 31.5 Å². The fourth-order valence-electron chi connectivity index (χ4n) is 2.13. The number of nitro groups is 1. The number of ether oxygens (including phenoxy) is 2. The van der Waals surface area contributed by atoms with Crippen LogP contribution >= 0.6 is 0 Å². The van der Waals surface area contributed by atoms with Gasteiger partial charge in [0.25, 0.3) is 5.69 Å². The van der Waals surface area contributed by atoms with Crippen LogP contribution in [0.5, 0.6) is 5.75 Å². The molecule has 0 aromatic heterocycles. The third-order valence-electron chi connectivity index (χ3n) is 3.28. The molecule has 4 atom stereocenters. The summed E-state index contributed by atoms with van der Waals surface area (Å²) in [6.45, 7) is 1.94. The first-order chi connectivity index (χ1) is 10.4. The highest BCUT2D eigenvalue weighted by molar-refractivity contribution is 5.64. The number of anilines is 1. The minimum atomic E-state index is -1.42. The van der Waals surface area contributed by atoms with E-state index in [9.17, 15) is 25.4 Å². The molecule has 0 amide bonds. The lowest BCUT2D eigenvalue weighted by atomic mass is 10.0. The van der Waals surface area contributed by atoms with Gasteiger partial charge in [-0.05, 0) is 19.1 Å². The van der Waals surface area contributed by atoms with Gasteiger partial charge in [-0.15, -0.1) is 0 Å². The highest BCUT2D eigenvalue weighted by Gasteiger charge is 2.38. The number of nitrogens with zero attached hydrogens (tertiary/aromatic N) is 1. The Bertz CT molecular complexity index is 539. The molecule has 9 nitrogen and oxygen atoms in total. The second kappa shape index (κ2) is 6.88. The minimum Gasteiger partial charge on any atom is -0.494 e. The highest BCUT2D eigenvalue weighted by Crippen LogP contribution is 2.31. The van der Waals surface area contributed by atoms with Crippen molar-refractivity contribution in [2.75, 3.05) is 18.5 Å². The summed E-state index contributed by atoms with van der Waals surface area (Å²) in [5.74, 6) is 0.348. The second-order valence-electron chi connectivity index (χ2n) is 4.82. The Morgan fingerprint density at radius 2 is 2.14 bits per heavy atom. The molecular weight excluding hydrogens is 296 g/mol. The summed E-state index contributed by atoms with van der Waals surface area (Å²) in [5.41, 5.74) is -0.136. The van der Waals surface area contributed by atoms with Crippen LogP contribution in [0.15, 0.2) is 18.2 Å². The van der Waals surface area contributed by atoms with Crippen LogP contribution < -0.4 is 10.1 Å². The molecule has 2 rings (SSSR count). The van der Waals surface area contributed by atoms with Crippen molar-refractivity contribution >= 4 is 11.4 Å². The molecule has 1 saturated heterocycles. The van der Waals surface area contributed by atoms with E-state index >= 15 is 0 Å². The van der Waals surface area contributed by atoms with Gasteiger partial charge in [0.05, 0.1) is 24.2 Å². The lowest BCUT2D eigenvalue weighted by Gasteiger charge is -2.35. The molecule has 0 saturated carbocycles. The maximum absolute atomic E-state index is 11.1. The van der Waals surface area contributed by atoms with E-state index < -0.39 is 29.5 Å². The Hall–Kier alpha value is -1.94. The highest BCUT2D eigenvalue weighted by atomic mass is 16.6. The van der Waals surface area contributed by atoms with Gasteiger partial charge >= 0.3 is 0 Å². The van der Waals surface area contributed by atoms with Crippen molar-refractivity contribution < 1.29 is 29.7 Å². The van der Waals surface area contributed by atoms with Gasteiger partial charge in [-0.2, -0.15) is 0 Å². The number of nitrogens with one attached hydrogen (secondary N) is 1. The van der Waals surface area contributed by atoms with Crippen LogP contribution in [0.3, 0.4) is 0 Å². The van der Waals surface area contributed by atoms with Crippen LogP contribution in [0.2, 0.25) is 0 Å². The molecular formula is C13H18N2O7. The molecule has 122 valence electrons. The van der Waals surface area contributed by atoms with Crippen LogP contribution in [0.25, 0.3) is 0 Å². The summed E-state index contributed by atoms with van der Waals surface area (Å²) < 4.78 is 10.4. The van der Waals surface area contributed by atoms with Crippen molar-refractivity contribution in [3.05, 3.63) is 28.3 Å². The third-order valence-corrected chi connectivity index (χ3v) is 3.28. The molecule has 0 aliphatic carbocycles. The van der Waals surface area contributed by atoms with E-state index in [2.05, 4.69) is 5.32 Å². The van der Waals surface area contributed by atoms with Gasteiger partial charge in [-0.3, -0.25) is 10.1 Å². The van der Waals surface area contributed by atoms with Gasteiger partial charge < -0.3 is 30.1 Å². The average molecular weight is 314 g/mol. The summed E-state index contributed by atoms with van der Waals surface area (Å²) in [6.07, 6.45) is -5.10. The summed E-state index contributed by atoms with van der Waals surface area (Å²) >= 11 is 0. The predicted molar refractivity (Wildman–Crippen MR) is 75.6 cm³/mol. The normalized spacial score (nSPS) is 28.2. The lowest BCUT2D eigenvalue weighted by molar-refractivity contribution is -0.384. The molecule has 22 heavy (non-hydrogen) atoms. The maximum atomic E-state index is 11.1. The number of hydrogen-bond donors (Lipinski definition) is 4. The van der Waals surface area contributed by atoms with Crippen LogP contribution in [0.4, 0.5) is 11.4 Å². The van der Waals surface area contributed by atoms with Crippen LogP contribution in [-0.2, 0) is 4.74 Å². The van der Waals surface area contributed by atoms with Gasteiger partial charge in [0, 0.05) is 0 Å². The summed E-state index contributed by atoms with van der Waals surface area (Å²) in [6, 6.07) is 4.22. The molecule has 1 aromatic carbocycles. The molecule has 0 unspecified atom stereocenters. The Balaban J connectivity index is 2.20. The van der Waals surface area contributed by atoms with Gasteiger partial charge in [0.2, 0.25) is 0 Å². The number of rotatable bonds is 5. The van der Waals surface area contributed by atoms with Gasteiger partial charge in [0.15, 0.2) is 6.23 Å². The molecule has 0 spiro atoms. The second-order valence-corrected chi connectivity index (χ2v) is 4.82. The number of aliphatic hydroxyl groups is 3. The van der Waals surface area contributed by atoms with Crippen LogP contribution in [-0.4, -0.2) is 58.0 Å². The molecule has 4 N–H and O–H groups in total. The first-order valence-corrected chi connectivity index (χ1v) is 6.77. The summed E-state index contributed by atoms with van der Waals surface area (Å²) in [4.78, 5) is 10.5. The standard InChI is InChI=1S/C13H18N2O7/c1-2-21-7-3-4-8(9(5-7)15(19)20)14-13-12(18)11(17)10(16)6-22-13/h3-5,10-14,16-18H,2,6H2,1H3/t10-,11+,12+,13+/m0/s1. The Morgan fingerprint density at radius 1 is 1.41 bits per heavy atom. The fourth-order valence-corrected chi connectivity index (χ4v) is 2.13. The SMILES string of the molecule is CCOc1ccc(N[C@@H]2OC[C@H](O)[C@@H](O)[C@H]2O)c([N+](=O)[O-])c1. The van der Waals surface area contributed by atoms with Gasteiger partial charge in [0.1, 0.15) is 29.7 Å². The smallest absolute Gasteiger partial charge is 0.296 e. The third kappa shape index (κ3) is 3.45. The molecule has 9 heteroatoms. The topological polar surface area (TPSA) is 134 Å².